The van der Waals surface area contributed by atoms with E-state index in [0.717, 1.165) is 0 Å². The molecule has 1 aliphatic heterocycles. The Bertz CT molecular complexity index is 343. The minimum Gasteiger partial charge on any atom is -0.377 e. The Kier molecular flexibility index (Phi) is 1.77. The molecule has 0 unspecified atom stereocenters. The van der Waals surface area contributed by atoms with Gasteiger partial charge in [-0.15, -0.1) is 0 Å². The number of ether oxygens (including phenoxy) is 1. The number of nitrogens with zero attached hydrogens (tertiary/aromatic N) is 3. The zero-order chi connectivity index (χ0) is 9.42. The van der Waals surface area contributed by atoms with Crippen LogP contribution in [0, 0.1) is 17.0 Å². The molecule has 1 aromatic rings. The van der Waals surface area contributed by atoms with Crippen LogP contribution < -0.4 is 0 Å². The normalized spacial score (nSPS) is 17.0. The van der Waals surface area contributed by atoms with E-state index in [-0.39, 0.29) is 11.7 Å². The third-order valence-corrected chi connectivity index (χ3v) is 2.18. The van der Waals surface area contributed by atoms with Crippen molar-refractivity contribution in [3.8, 4) is 0 Å². The summed E-state index contributed by atoms with van der Waals surface area (Å²) in [5, 5.41) is 14.4. The van der Waals surface area contributed by atoms with E-state index in [0.29, 0.717) is 18.9 Å². The van der Waals surface area contributed by atoms with E-state index in [1.807, 2.05) is 0 Å². The van der Waals surface area contributed by atoms with Gasteiger partial charge in [0.05, 0.1) is 24.2 Å². The van der Waals surface area contributed by atoms with Gasteiger partial charge < -0.3 is 4.74 Å². The van der Waals surface area contributed by atoms with Crippen molar-refractivity contribution in [2.24, 2.45) is 0 Å². The van der Waals surface area contributed by atoms with Crippen LogP contribution in [0.1, 0.15) is 11.7 Å². The number of hydrogen-bond acceptors (Lipinski definition) is 4. The predicted octanol–water partition coefficient (Wildman–Crippen LogP) is 0.671. The van der Waals surface area contributed by atoms with Crippen molar-refractivity contribution in [2.75, 3.05) is 13.2 Å². The second kappa shape index (κ2) is 2.81. The molecular weight excluding hydrogens is 174 g/mol. The van der Waals surface area contributed by atoms with E-state index in [9.17, 15) is 10.1 Å². The largest absolute Gasteiger partial charge is 0.377 e. The third-order valence-electron chi connectivity index (χ3n) is 2.18. The average molecular weight is 183 g/mol. The molecule has 0 aromatic carbocycles. The molecule has 1 saturated heterocycles. The summed E-state index contributed by atoms with van der Waals surface area (Å²) in [5.41, 5.74) is 0.671. The molecule has 6 nitrogen and oxygen atoms in total. The van der Waals surface area contributed by atoms with Crippen molar-refractivity contribution in [1.29, 1.82) is 0 Å². The lowest BCUT2D eigenvalue weighted by Crippen LogP contribution is -2.32. The first-order valence-corrected chi connectivity index (χ1v) is 3.96. The fourth-order valence-electron chi connectivity index (χ4n) is 1.33. The van der Waals surface area contributed by atoms with E-state index in [4.69, 9.17) is 4.74 Å². The number of aromatic nitrogens is 2. The SMILES string of the molecule is Cc1c([N+](=O)[O-])cnn1C1COC1. The summed E-state index contributed by atoms with van der Waals surface area (Å²) in [4.78, 5) is 10.1. The van der Waals surface area contributed by atoms with Crippen LogP contribution in [-0.2, 0) is 4.74 Å². The maximum Gasteiger partial charge on any atom is 0.309 e. The second-order valence-corrected chi connectivity index (χ2v) is 3.01. The maximum atomic E-state index is 10.5. The molecule has 1 fully saturated rings. The van der Waals surface area contributed by atoms with E-state index < -0.39 is 4.92 Å². The van der Waals surface area contributed by atoms with Gasteiger partial charge >= 0.3 is 5.69 Å². The number of hydrogen-bond donors (Lipinski definition) is 0. The van der Waals surface area contributed by atoms with Crippen LogP contribution in [0.4, 0.5) is 5.69 Å². The van der Waals surface area contributed by atoms with Gasteiger partial charge in [-0.05, 0) is 6.92 Å². The first kappa shape index (κ1) is 8.18. The van der Waals surface area contributed by atoms with Gasteiger partial charge in [0.15, 0.2) is 0 Å². The minimum absolute atomic E-state index is 0.0758. The topological polar surface area (TPSA) is 70.2 Å². The summed E-state index contributed by atoms with van der Waals surface area (Å²) >= 11 is 0. The summed E-state index contributed by atoms with van der Waals surface area (Å²) in [6.45, 7) is 2.89. The summed E-state index contributed by atoms with van der Waals surface area (Å²) in [6, 6.07) is 0.175. The molecule has 1 aromatic heterocycles. The van der Waals surface area contributed by atoms with Crippen molar-refractivity contribution >= 4 is 5.69 Å². The zero-order valence-corrected chi connectivity index (χ0v) is 7.14. The van der Waals surface area contributed by atoms with Gasteiger partial charge in [0.25, 0.3) is 0 Å². The van der Waals surface area contributed by atoms with Crippen LogP contribution in [0.5, 0.6) is 0 Å². The first-order chi connectivity index (χ1) is 6.20. The Labute approximate surface area is 74.3 Å². The van der Waals surface area contributed by atoms with E-state index in [2.05, 4.69) is 5.10 Å². The molecule has 0 radical (unpaired) electrons. The second-order valence-electron chi connectivity index (χ2n) is 3.01. The lowest BCUT2D eigenvalue weighted by atomic mass is 10.2. The highest BCUT2D eigenvalue weighted by molar-refractivity contribution is 5.32. The highest BCUT2D eigenvalue weighted by atomic mass is 16.6. The van der Waals surface area contributed by atoms with Gasteiger partial charge in [0.2, 0.25) is 0 Å². The highest BCUT2D eigenvalue weighted by Gasteiger charge is 2.26. The highest BCUT2D eigenvalue weighted by Crippen LogP contribution is 2.23. The summed E-state index contributed by atoms with van der Waals surface area (Å²) < 4.78 is 6.64. The molecule has 0 amide bonds. The van der Waals surface area contributed by atoms with Crippen LogP contribution in [0.3, 0.4) is 0 Å². The Morgan fingerprint density at radius 1 is 1.77 bits per heavy atom. The van der Waals surface area contributed by atoms with Gasteiger partial charge in [-0.25, -0.2) is 0 Å². The lowest BCUT2D eigenvalue weighted by Gasteiger charge is -2.26. The first-order valence-electron chi connectivity index (χ1n) is 3.96. The quantitative estimate of drug-likeness (QED) is 0.499. The fraction of sp³-hybridized carbons (Fsp3) is 0.571. The Morgan fingerprint density at radius 2 is 2.46 bits per heavy atom. The van der Waals surface area contributed by atoms with Crippen molar-refractivity contribution in [3.05, 3.63) is 22.0 Å². The van der Waals surface area contributed by atoms with Gasteiger partial charge in [0, 0.05) is 0 Å². The molecule has 0 bridgehead atoms. The number of nitro groups is 1. The fourth-order valence-corrected chi connectivity index (χ4v) is 1.33. The lowest BCUT2D eigenvalue weighted by molar-refractivity contribution is -0.385. The summed E-state index contributed by atoms with van der Waals surface area (Å²) in [6.07, 6.45) is 1.29. The molecule has 0 atom stereocenters. The smallest absolute Gasteiger partial charge is 0.309 e. The van der Waals surface area contributed by atoms with Crippen molar-refractivity contribution in [2.45, 2.75) is 13.0 Å². The summed E-state index contributed by atoms with van der Waals surface area (Å²) in [5.74, 6) is 0. The van der Waals surface area contributed by atoms with Crippen LogP contribution in [0.25, 0.3) is 0 Å². The molecule has 2 heterocycles. The molecule has 0 saturated carbocycles. The molecule has 70 valence electrons. The molecule has 6 heteroatoms. The molecule has 13 heavy (non-hydrogen) atoms. The maximum absolute atomic E-state index is 10.5. The third kappa shape index (κ3) is 1.19. The molecule has 0 N–H and O–H groups in total. The Hall–Kier alpha value is -1.43. The van der Waals surface area contributed by atoms with E-state index >= 15 is 0 Å². The Morgan fingerprint density at radius 3 is 2.85 bits per heavy atom. The van der Waals surface area contributed by atoms with E-state index in [1.54, 1.807) is 11.6 Å². The van der Waals surface area contributed by atoms with Crippen LogP contribution in [0.15, 0.2) is 6.20 Å². The standard InChI is InChI=1S/C7H9N3O3/c1-5-7(10(11)12)2-8-9(5)6-3-13-4-6/h2,6H,3-4H2,1H3. The van der Waals surface area contributed by atoms with Crippen molar-refractivity contribution in [3.63, 3.8) is 0 Å². The average Bonchev–Trinajstić information content (AvgIpc) is 2.29. The molecular formula is C7H9N3O3. The van der Waals surface area contributed by atoms with Gasteiger partial charge in [-0.1, -0.05) is 0 Å². The summed E-state index contributed by atoms with van der Waals surface area (Å²) in [7, 11) is 0. The predicted molar refractivity (Wildman–Crippen MR) is 43.5 cm³/mol. The monoisotopic (exact) mass is 183 g/mol. The van der Waals surface area contributed by atoms with Gasteiger partial charge in [-0.2, -0.15) is 5.10 Å². The van der Waals surface area contributed by atoms with Gasteiger partial charge in [0.1, 0.15) is 11.9 Å². The Balaban J connectivity index is 2.32. The van der Waals surface area contributed by atoms with Crippen molar-refractivity contribution < 1.29 is 9.66 Å². The molecule has 2 rings (SSSR count). The van der Waals surface area contributed by atoms with E-state index in [1.165, 1.54) is 6.20 Å². The van der Waals surface area contributed by atoms with Crippen LogP contribution in [-0.4, -0.2) is 27.9 Å². The number of rotatable bonds is 2. The molecule has 0 spiro atoms. The van der Waals surface area contributed by atoms with Gasteiger partial charge in [-0.3, -0.25) is 14.8 Å². The molecule has 1 aliphatic rings. The molecule has 0 aliphatic carbocycles. The van der Waals surface area contributed by atoms with Crippen LogP contribution >= 0.6 is 0 Å². The minimum atomic E-state index is -0.418. The zero-order valence-electron chi connectivity index (χ0n) is 7.14. The van der Waals surface area contributed by atoms with Crippen molar-refractivity contribution in [1.82, 2.24) is 9.78 Å². The van der Waals surface area contributed by atoms with Crippen LogP contribution in [0.2, 0.25) is 0 Å².